The summed E-state index contributed by atoms with van der Waals surface area (Å²) < 4.78 is 40.2. The van der Waals surface area contributed by atoms with E-state index in [4.69, 9.17) is 0 Å². The van der Waals surface area contributed by atoms with Gasteiger partial charge in [0.15, 0.2) is 17.5 Å². The van der Waals surface area contributed by atoms with E-state index in [0.29, 0.717) is 5.56 Å². The summed E-state index contributed by atoms with van der Waals surface area (Å²) in [5.41, 5.74) is 0.633. The van der Waals surface area contributed by atoms with Gasteiger partial charge in [-0.05, 0) is 86.3 Å². The summed E-state index contributed by atoms with van der Waals surface area (Å²) >= 11 is 0. The first-order valence-electron chi connectivity index (χ1n) is 12.4. The van der Waals surface area contributed by atoms with Crippen LogP contribution < -0.4 is 0 Å². The number of rotatable bonds is 9. The third-order valence-corrected chi connectivity index (χ3v) is 7.66. The fourth-order valence-electron chi connectivity index (χ4n) is 5.68. The molecule has 30 heavy (non-hydrogen) atoms. The molecular weight excluding hydrogens is 381 g/mol. The Balaban J connectivity index is 1.31. The lowest BCUT2D eigenvalue weighted by molar-refractivity contribution is 0.223. The van der Waals surface area contributed by atoms with Crippen molar-refractivity contribution in [3.8, 4) is 0 Å². The molecule has 3 rings (SSSR count). The molecule has 0 radical (unpaired) electrons. The summed E-state index contributed by atoms with van der Waals surface area (Å²) in [4.78, 5) is 0. The topological polar surface area (TPSA) is 0 Å². The third-order valence-electron chi connectivity index (χ3n) is 7.66. The Kier molecular flexibility index (Phi) is 9.33. The van der Waals surface area contributed by atoms with E-state index >= 15 is 0 Å². The molecule has 0 saturated heterocycles. The van der Waals surface area contributed by atoms with E-state index in [1.165, 1.54) is 69.9 Å². The minimum absolute atomic E-state index is 0.174. The Hall–Kier alpha value is -1.25. The standard InChI is InChI=1S/C27H39F3/c1-2-3-4-5-6-7-20-8-10-21(11-9-20)12-13-22-14-16-23(17-15-22)24-18-25(28)27(30)26(29)19-24/h3-4,18-23H,2,5-17H2,1H3/b4-3+. The molecule has 0 N–H and O–H groups in total. The fourth-order valence-corrected chi connectivity index (χ4v) is 5.68. The monoisotopic (exact) mass is 420 g/mol. The summed E-state index contributed by atoms with van der Waals surface area (Å²) in [5, 5.41) is 0. The highest BCUT2D eigenvalue weighted by Gasteiger charge is 2.26. The molecule has 1 aromatic carbocycles. The van der Waals surface area contributed by atoms with Crippen molar-refractivity contribution in [3.63, 3.8) is 0 Å². The molecule has 0 aliphatic heterocycles. The van der Waals surface area contributed by atoms with Gasteiger partial charge in [0.05, 0.1) is 0 Å². The van der Waals surface area contributed by atoms with Crippen LogP contribution >= 0.6 is 0 Å². The first-order chi connectivity index (χ1) is 14.6. The van der Waals surface area contributed by atoms with Gasteiger partial charge in [-0.15, -0.1) is 0 Å². The van der Waals surface area contributed by atoms with Crippen molar-refractivity contribution in [2.24, 2.45) is 17.8 Å². The number of unbranched alkanes of at least 4 members (excludes halogenated alkanes) is 1. The van der Waals surface area contributed by atoms with Crippen LogP contribution in [-0.2, 0) is 0 Å². The smallest absolute Gasteiger partial charge is 0.194 e. The zero-order valence-corrected chi connectivity index (χ0v) is 18.7. The number of hydrogen-bond donors (Lipinski definition) is 0. The lowest BCUT2D eigenvalue weighted by Gasteiger charge is -2.32. The second-order valence-electron chi connectivity index (χ2n) is 9.79. The summed E-state index contributed by atoms with van der Waals surface area (Å²) in [7, 11) is 0. The van der Waals surface area contributed by atoms with Gasteiger partial charge in [-0.3, -0.25) is 0 Å². The van der Waals surface area contributed by atoms with E-state index in [0.717, 1.165) is 49.9 Å². The van der Waals surface area contributed by atoms with Crippen LogP contribution in [0, 0.1) is 35.2 Å². The SMILES string of the molecule is CC/C=C/CCCC1CCC(CCC2CCC(c3cc(F)c(F)c(F)c3)CC2)CC1. The average Bonchev–Trinajstić information content (AvgIpc) is 2.77. The Labute approximate surface area is 181 Å². The molecule has 2 aliphatic rings. The third kappa shape index (κ3) is 6.89. The molecule has 2 aliphatic carbocycles. The normalized spacial score (nSPS) is 27.6. The van der Waals surface area contributed by atoms with E-state index in [2.05, 4.69) is 19.1 Å². The second-order valence-corrected chi connectivity index (χ2v) is 9.79. The van der Waals surface area contributed by atoms with Crippen molar-refractivity contribution < 1.29 is 13.2 Å². The van der Waals surface area contributed by atoms with Crippen LogP contribution in [0.25, 0.3) is 0 Å². The minimum Gasteiger partial charge on any atom is -0.204 e. The highest BCUT2D eigenvalue weighted by molar-refractivity contribution is 5.23. The molecule has 168 valence electrons. The van der Waals surface area contributed by atoms with Gasteiger partial charge in [0, 0.05) is 0 Å². The van der Waals surface area contributed by atoms with Gasteiger partial charge in [0.1, 0.15) is 0 Å². The predicted molar refractivity (Wildman–Crippen MR) is 119 cm³/mol. The molecule has 0 heterocycles. The van der Waals surface area contributed by atoms with Crippen molar-refractivity contribution in [2.45, 2.75) is 103 Å². The maximum absolute atomic E-state index is 13.5. The van der Waals surface area contributed by atoms with E-state index < -0.39 is 17.5 Å². The van der Waals surface area contributed by atoms with Crippen LogP contribution in [0.5, 0.6) is 0 Å². The lowest BCUT2D eigenvalue weighted by atomic mass is 9.74. The Morgan fingerprint density at radius 1 is 0.733 bits per heavy atom. The summed E-state index contributed by atoms with van der Waals surface area (Å²) in [5.74, 6) is -0.689. The molecule has 3 heteroatoms. The Morgan fingerprint density at radius 3 is 1.77 bits per heavy atom. The van der Waals surface area contributed by atoms with Crippen LogP contribution in [0.15, 0.2) is 24.3 Å². The van der Waals surface area contributed by atoms with Crippen molar-refractivity contribution >= 4 is 0 Å². The van der Waals surface area contributed by atoms with Gasteiger partial charge < -0.3 is 0 Å². The molecule has 0 spiro atoms. The van der Waals surface area contributed by atoms with Crippen molar-refractivity contribution in [1.29, 1.82) is 0 Å². The largest absolute Gasteiger partial charge is 0.204 e. The lowest BCUT2D eigenvalue weighted by Crippen LogP contribution is -2.18. The molecule has 1 aromatic rings. The number of halogens is 3. The molecule has 0 unspecified atom stereocenters. The van der Waals surface area contributed by atoms with E-state index in [-0.39, 0.29) is 5.92 Å². The van der Waals surface area contributed by atoms with Crippen LogP contribution in [0.4, 0.5) is 13.2 Å². The van der Waals surface area contributed by atoms with E-state index in [9.17, 15) is 13.2 Å². The molecule has 0 aromatic heterocycles. The summed E-state index contributed by atoms with van der Waals surface area (Å²) in [6.07, 6.45) is 22.2. The minimum atomic E-state index is -1.35. The Morgan fingerprint density at radius 2 is 1.23 bits per heavy atom. The first kappa shape index (κ1) is 23.4. The predicted octanol–water partition coefficient (Wildman–Crippen LogP) is 9.10. The van der Waals surface area contributed by atoms with Crippen molar-refractivity contribution in [1.82, 2.24) is 0 Å². The number of allylic oxidation sites excluding steroid dienone is 2. The molecular formula is C27H39F3. The quantitative estimate of drug-likeness (QED) is 0.212. The van der Waals surface area contributed by atoms with Gasteiger partial charge in [-0.25, -0.2) is 13.2 Å². The maximum atomic E-state index is 13.5. The summed E-state index contributed by atoms with van der Waals surface area (Å²) in [6, 6.07) is 2.39. The van der Waals surface area contributed by atoms with Gasteiger partial charge in [0.25, 0.3) is 0 Å². The molecule has 0 nitrogen and oxygen atoms in total. The van der Waals surface area contributed by atoms with Crippen LogP contribution in [0.2, 0.25) is 0 Å². The molecule has 0 atom stereocenters. The number of benzene rings is 1. The van der Waals surface area contributed by atoms with E-state index in [1.54, 1.807) is 0 Å². The highest BCUT2D eigenvalue weighted by Crippen LogP contribution is 2.40. The molecule has 0 amide bonds. The zero-order valence-electron chi connectivity index (χ0n) is 18.7. The molecule has 2 saturated carbocycles. The van der Waals surface area contributed by atoms with Gasteiger partial charge in [0.2, 0.25) is 0 Å². The van der Waals surface area contributed by atoms with Gasteiger partial charge in [-0.2, -0.15) is 0 Å². The average molecular weight is 421 g/mol. The second kappa shape index (κ2) is 12.0. The first-order valence-corrected chi connectivity index (χ1v) is 12.4. The van der Waals surface area contributed by atoms with Gasteiger partial charge in [-0.1, -0.05) is 64.0 Å². The van der Waals surface area contributed by atoms with Crippen molar-refractivity contribution in [2.75, 3.05) is 0 Å². The maximum Gasteiger partial charge on any atom is 0.194 e. The molecule has 2 fully saturated rings. The van der Waals surface area contributed by atoms with E-state index in [1.807, 2.05) is 0 Å². The molecule has 0 bridgehead atoms. The van der Waals surface area contributed by atoms with Crippen molar-refractivity contribution in [3.05, 3.63) is 47.3 Å². The van der Waals surface area contributed by atoms with Crippen LogP contribution in [0.3, 0.4) is 0 Å². The Bertz CT molecular complexity index is 642. The van der Waals surface area contributed by atoms with Crippen LogP contribution in [0.1, 0.15) is 108 Å². The fraction of sp³-hybridized carbons (Fsp3) is 0.704. The van der Waals surface area contributed by atoms with Crippen LogP contribution in [-0.4, -0.2) is 0 Å². The highest BCUT2D eigenvalue weighted by atomic mass is 19.2. The zero-order chi connectivity index (χ0) is 21.3. The number of hydrogen-bond acceptors (Lipinski definition) is 0. The summed E-state index contributed by atoms with van der Waals surface area (Å²) in [6.45, 7) is 2.19. The van der Waals surface area contributed by atoms with Gasteiger partial charge >= 0.3 is 0 Å².